The lowest BCUT2D eigenvalue weighted by atomic mass is 10.0. The van der Waals surface area contributed by atoms with Crippen LogP contribution in [0, 0.1) is 0 Å². The topological polar surface area (TPSA) is 297 Å². The number of carboxylic acids is 2. The Bertz CT molecular complexity index is 2430. The summed E-state index contributed by atoms with van der Waals surface area (Å²) in [6, 6.07) is 21.5. The lowest BCUT2D eigenvalue weighted by Crippen LogP contribution is -2.30. The summed E-state index contributed by atoms with van der Waals surface area (Å²) in [5.41, 5.74) is 0.994. The third-order valence-corrected chi connectivity index (χ3v) is 9.24. The van der Waals surface area contributed by atoms with E-state index in [1.54, 1.807) is 36.4 Å². The van der Waals surface area contributed by atoms with Gasteiger partial charge in [0.2, 0.25) is 11.4 Å². The molecule has 4 aromatic carbocycles. The van der Waals surface area contributed by atoms with Crippen molar-refractivity contribution in [3.8, 4) is 11.1 Å². The molecule has 274 valence electrons. The number of hydrogen-bond donors (Lipinski definition) is 6. The Balaban J connectivity index is 1.33. The Morgan fingerprint density at radius 2 is 0.926 bits per heavy atom. The first kappa shape index (κ1) is 36.6. The molecule has 2 aliphatic rings. The average molecular weight is 775 g/mol. The summed E-state index contributed by atoms with van der Waals surface area (Å²) in [5.74, 6) is -5.08. The second-order valence-electron chi connectivity index (χ2n) is 10.9. The van der Waals surface area contributed by atoms with E-state index in [1.165, 1.54) is 24.3 Å². The number of nitrogens with one attached hydrogen (secondary N) is 2. The van der Waals surface area contributed by atoms with Gasteiger partial charge in [-0.05, 0) is 48.5 Å². The van der Waals surface area contributed by atoms with Crippen molar-refractivity contribution >= 4 is 89.6 Å². The number of aliphatic carboxylic acids is 2. The minimum Gasteiger partial charge on any atom is -0.476 e. The van der Waals surface area contributed by atoms with Gasteiger partial charge in [0.25, 0.3) is 20.2 Å². The van der Waals surface area contributed by atoms with Crippen molar-refractivity contribution in [1.29, 1.82) is 0 Å². The van der Waals surface area contributed by atoms with E-state index in [1.807, 2.05) is 0 Å². The molecule has 0 fully saturated rings. The van der Waals surface area contributed by atoms with E-state index in [2.05, 4.69) is 31.3 Å². The minimum atomic E-state index is -5.17. The first-order valence-corrected chi connectivity index (χ1v) is 17.8. The molecule has 20 nitrogen and oxygen atoms in total. The molecule has 6 rings (SSSR count). The molecular weight excluding hydrogens is 753 g/mol. The lowest BCUT2D eigenvalue weighted by Gasteiger charge is -2.14. The van der Waals surface area contributed by atoms with Crippen LogP contribution in [0.3, 0.4) is 0 Å². The number of hydrogen-bond acceptors (Lipinski definition) is 14. The molecule has 0 spiro atoms. The van der Waals surface area contributed by atoms with Crippen LogP contribution >= 0.6 is 0 Å². The number of amides is 2. The van der Waals surface area contributed by atoms with E-state index in [-0.39, 0.29) is 22.7 Å². The molecule has 0 bridgehead atoms. The fraction of sp³-hybridized carbons (Fsp3) is 0. The number of nitrogens with zero attached hydrogens (tertiary/aromatic N) is 6. The molecule has 6 N–H and O–H groups in total. The first-order chi connectivity index (χ1) is 25.5. The van der Waals surface area contributed by atoms with Crippen molar-refractivity contribution in [1.82, 2.24) is 0 Å². The quantitative estimate of drug-likeness (QED) is 0.0942. The standard InChI is InChI=1S/C32H22N8O12S2/c41-29-25(27(31(43)44)37-39(29)19-7-3-1-4-8-19)35-33-17-11-13-21(23(15-17)53(47,48)49)22-14-12-18(16-24(22)54(50,51)52)34-36-26-28(32(45)46)38-40(30(26)42)20-9-5-2-6-10-20/h1-16,33-34H,(H,43,44)(H,45,46)(H,47,48,49)(H,50,51,52). The van der Waals surface area contributed by atoms with E-state index in [4.69, 9.17) is 0 Å². The van der Waals surface area contributed by atoms with Crippen molar-refractivity contribution in [2.45, 2.75) is 9.79 Å². The summed E-state index contributed by atoms with van der Waals surface area (Å²) in [5, 5.41) is 36.0. The Morgan fingerprint density at radius 1 is 0.574 bits per heavy atom. The number of carbonyl (C=O) groups excluding carboxylic acids is 2. The van der Waals surface area contributed by atoms with E-state index >= 15 is 0 Å². The molecule has 2 heterocycles. The Kier molecular flexibility index (Phi) is 9.58. The van der Waals surface area contributed by atoms with Gasteiger partial charge in [0, 0.05) is 11.1 Å². The second kappa shape index (κ2) is 14.1. The van der Waals surface area contributed by atoms with E-state index < -0.39 is 87.8 Å². The highest BCUT2D eigenvalue weighted by Gasteiger charge is 2.38. The fourth-order valence-corrected chi connectivity index (χ4v) is 6.53. The zero-order valence-corrected chi connectivity index (χ0v) is 28.4. The van der Waals surface area contributed by atoms with Gasteiger partial charge in [-0.2, -0.15) is 47.3 Å². The summed E-state index contributed by atoms with van der Waals surface area (Å²) in [6.07, 6.45) is 0. The number of carboxylic acid groups (broad SMARTS) is 2. The van der Waals surface area contributed by atoms with Crippen molar-refractivity contribution in [3.05, 3.63) is 97.1 Å². The average Bonchev–Trinajstić information content (AvgIpc) is 3.65. The van der Waals surface area contributed by atoms with Gasteiger partial charge in [-0.3, -0.25) is 29.5 Å². The second-order valence-corrected chi connectivity index (χ2v) is 13.7. The van der Waals surface area contributed by atoms with Crippen molar-refractivity contribution in [2.24, 2.45) is 20.4 Å². The van der Waals surface area contributed by atoms with Gasteiger partial charge in [0.05, 0.1) is 22.7 Å². The van der Waals surface area contributed by atoms with Gasteiger partial charge in [-0.1, -0.05) is 48.5 Å². The molecular formula is C32H22N8O12S2. The van der Waals surface area contributed by atoms with Crippen LogP contribution in [0.25, 0.3) is 11.1 Å². The van der Waals surface area contributed by atoms with Crippen LogP contribution in [0.5, 0.6) is 0 Å². The normalized spacial score (nSPS) is 16.1. The minimum absolute atomic E-state index is 0.223. The van der Waals surface area contributed by atoms with Gasteiger partial charge in [0.15, 0.2) is 11.4 Å². The summed E-state index contributed by atoms with van der Waals surface area (Å²) in [4.78, 5) is 47.9. The van der Waals surface area contributed by atoms with Crippen molar-refractivity contribution in [2.75, 3.05) is 20.9 Å². The number of para-hydroxylation sites is 2. The monoisotopic (exact) mass is 774 g/mol. The molecule has 0 radical (unpaired) electrons. The van der Waals surface area contributed by atoms with Gasteiger partial charge in [0.1, 0.15) is 9.79 Å². The van der Waals surface area contributed by atoms with E-state index in [0.717, 1.165) is 46.4 Å². The van der Waals surface area contributed by atoms with E-state index in [0.29, 0.717) is 0 Å². The number of hydrazone groups is 4. The predicted molar refractivity (Wildman–Crippen MR) is 192 cm³/mol. The number of anilines is 4. The SMILES string of the molecule is O=C(O)C1=NN(c2ccccc2)C(=O)C1=NNc1ccc(-c2ccc(NN=C3C(=O)N(c4ccccc4)N=C3C(=O)O)cc2S(=O)(=O)O)c(S(=O)(=O)O)c1. The Labute approximate surface area is 303 Å². The lowest BCUT2D eigenvalue weighted by molar-refractivity contribution is -0.130. The van der Waals surface area contributed by atoms with Crippen LogP contribution < -0.4 is 20.9 Å². The van der Waals surface area contributed by atoms with Crippen LogP contribution in [0.1, 0.15) is 0 Å². The molecule has 0 atom stereocenters. The molecule has 0 aliphatic carbocycles. The summed E-state index contributed by atoms with van der Waals surface area (Å²) < 4.78 is 70.5. The maximum absolute atomic E-state index is 13.0. The Morgan fingerprint density at radius 3 is 1.24 bits per heavy atom. The molecule has 0 unspecified atom stereocenters. The molecule has 54 heavy (non-hydrogen) atoms. The molecule has 2 aliphatic heterocycles. The van der Waals surface area contributed by atoms with Gasteiger partial charge in [-0.15, -0.1) is 0 Å². The largest absolute Gasteiger partial charge is 0.476 e. The van der Waals surface area contributed by atoms with Gasteiger partial charge < -0.3 is 10.2 Å². The number of carbonyl (C=O) groups is 4. The third kappa shape index (κ3) is 7.28. The van der Waals surface area contributed by atoms with Crippen LogP contribution in [-0.4, -0.2) is 82.8 Å². The van der Waals surface area contributed by atoms with Crippen molar-refractivity contribution < 1.29 is 55.3 Å². The summed E-state index contributed by atoms with van der Waals surface area (Å²) >= 11 is 0. The van der Waals surface area contributed by atoms with Crippen LogP contribution in [0.2, 0.25) is 0 Å². The highest BCUT2D eigenvalue weighted by atomic mass is 32.2. The molecule has 4 aromatic rings. The van der Waals surface area contributed by atoms with Crippen LogP contribution in [-0.2, 0) is 39.4 Å². The molecule has 0 saturated heterocycles. The van der Waals surface area contributed by atoms with Crippen LogP contribution in [0.15, 0.2) is 127 Å². The Hall–Kier alpha value is -7.14. The number of rotatable bonds is 11. The summed E-state index contributed by atoms with van der Waals surface area (Å²) in [7, 11) is -10.3. The summed E-state index contributed by atoms with van der Waals surface area (Å²) in [6.45, 7) is 0. The van der Waals surface area contributed by atoms with E-state index in [9.17, 15) is 55.3 Å². The van der Waals surface area contributed by atoms with Gasteiger partial charge >= 0.3 is 23.8 Å². The van der Waals surface area contributed by atoms with Crippen LogP contribution in [0.4, 0.5) is 22.7 Å². The molecule has 0 saturated carbocycles. The molecule has 2 amide bonds. The zero-order chi connectivity index (χ0) is 38.9. The maximum Gasteiger partial charge on any atom is 0.358 e. The first-order valence-electron chi connectivity index (χ1n) is 14.9. The molecule has 22 heteroatoms. The molecule has 0 aromatic heterocycles. The highest BCUT2D eigenvalue weighted by molar-refractivity contribution is 7.86. The van der Waals surface area contributed by atoms with Crippen molar-refractivity contribution in [3.63, 3.8) is 0 Å². The highest BCUT2D eigenvalue weighted by Crippen LogP contribution is 2.36. The third-order valence-electron chi connectivity index (χ3n) is 7.45. The maximum atomic E-state index is 13.0. The number of benzene rings is 4. The smallest absolute Gasteiger partial charge is 0.358 e. The predicted octanol–water partition coefficient (Wildman–Crippen LogP) is 2.36. The fourth-order valence-electron chi connectivity index (χ4n) is 5.06. The zero-order valence-electron chi connectivity index (χ0n) is 26.8. The van der Waals surface area contributed by atoms with Gasteiger partial charge in [-0.25, -0.2) is 9.59 Å².